The van der Waals surface area contributed by atoms with Gasteiger partial charge in [-0.25, -0.2) is 13.2 Å². The zero-order chi connectivity index (χ0) is 19.4. The molecule has 2 aromatic carbocycles. The number of aryl methyl sites for hydroxylation is 1. The van der Waals surface area contributed by atoms with Gasteiger partial charge in [-0.15, -0.1) is 0 Å². The second-order valence-electron chi connectivity index (χ2n) is 5.98. The molecule has 0 saturated carbocycles. The summed E-state index contributed by atoms with van der Waals surface area (Å²) in [5.41, 5.74) is 2.04. The van der Waals surface area contributed by atoms with Crippen molar-refractivity contribution in [2.45, 2.75) is 18.4 Å². The van der Waals surface area contributed by atoms with Crippen LogP contribution in [-0.4, -0.2) is 31.3 Å². The Balaban J connectivity index is 1.87. The van der Waals surface area contributed by atoms with Gasteiger partial charge in [-0.3, -0.25) is 9.40 Å². The average molecular weight is 385 g/mol. The van der Waals surface area contributed by atoms with Gasteiger partial charge in [0.25, 0.3) is 10.0 Å². The number of carbonyl (C=O) groups is 1. The lowest BCUT2D eigenvalue weighted by Crippen LogP contribution is -2.15. The minimum Gasteiger partial charge on any atom is -0.465 e. The molecule has 8 heteroatoms. The third-order valence-electron chi connectivity index (χ3n) is 3.98. The van der Waals surface area contributed by atoms with Gasteiger partial charge in [-0.05, 0) is 48.4 Å². The van der Waals surface area contributed by atoms with Crippen molar-refractivity contribution in [1.29, 1.82) is 0 Å². The third kappa shape index (κ3) is 4.35. The normalized spacial score (nSPS) is 11.2. The van der Waals surface area contributed by atoms with Gasteiger partial charge in [-0.1, -0.05) is 18.2 Å². The van der Waals surface area contributed by atoms with Crippen LogP contribution in [0.5, 0.6) is 0 Å². The molecule has 27 heavy (non-hydrogen) atoms. The molecule has 3 rings (SSSR count). The maximum absolute atomic E-state index is 12.8. The third-order valence-corrected chi connectivity index (χ3v) is 5.51. The second kappa shape index (κ2) is 7.63. The lowest BCUT2D eigenvalue weighted by Gasteiger charge is -2.12. The van der Waals surface area contributed by atoms with Crippen LogP contribution in [0.4, 0.5) is 5.69 Å². The van der Waals surface area contributed by atoms with E-state index < -0.39 is 16.0 Å². The highest BCUT2D eigenvalue weighted by atomic mass is 32.2. The van der Waals surface area contributed by atoms with Gasteiger partial charge in [0.1, 0.15) is 0 Å². The molecule has 0 saturated heterocycles. The average Bonchev–Trinajstić information content (AvgIpc) is 3.14. The van der Waals surface area contributed by atoms with E-state index in [1.54, 1.807) is 42.1 Å². The Bertz CT molecular complexity index is 1060. The first-order chi connectivity index (χ1) is 12.9. The molecule has 0 bridgehead atoms. The molecule has 0 radical (unpaired) electrons. The Morgan fingerprint density at radius 3 is 2.70 bits per heavy atom. The van der Waals surface area contributed by atoms with Crippen LogP contribution in [0.1, 0.15) is 21.5 Å². The number of nitrogens with one attached hydrogen (secondary N) is 1. The topological polar surface area (TPSA) is 90.3 Å². The standard InChI is InChI=1S/C19H19N3O4S/c1-14-7-8-16(19(23)26-2)12-18(14)27(24,25)21-17-6-3-5-15(11-17)13-22-10-4-9-20-22/h3-12,21H,13H2,1-2H3. The second-order valence-corrected chi connectivity index (χ2v) is 7.63. The number of esters is 1. The number of nitrogens with zero attached hydrogens (tertiary/aromatic N) is 2. The summed E-state index contributed by atoms with van der Waals surface area (Å²) in [5.74, 6) is -0.590. The van der Waals surface area contributed by atoms with Gasteiger partial charge < -0.3 is 4.74 Å². The van der Waals surface area contributed by atoms with Crippen molar-refractivity contribution in [2.75, 3.05) is 11.8 Å². The zero-order valence-corrected chi connectivity index (χ0v) is 15.7. The molecule has 0 fully saturated rings. The van der Waals surface area contributed by atoms with Crippen molar-refractivity contribution in [3.8, 4) is 0 Å². The van der Waals surface area contributed by atoms with Crippen LogP contribution in [0.3, 0.4) is 0 Å². The van der Waals surface area contributed by atoms with E-state index in [1.807, 2.05) is 18.3 Å². The smallest absolute Gasteiger partial charge is 0.337 e. The number of hydrogen-bond acceptors (Lipinski definition) is 5. The molecule has 0 atom stereocenters. The van der Waals surface area contributed by atoms with Crippen molar-refractivity contribution < 1.29 is 17.9 Å². The minimum absolute atomic E-state index is 0.0304. The quantitative estimate of drug-likeness (QED) is 0.659. The monoisotopic (exact) mass is 385 g/mol. The van der Waals surface area contributed by atoms with Crippen molar-refractivity contribution in [1.82, 2.24) is 9.78 Å². The first kappa shape index (κ1) is 18.7. The Labute approximate surface area is 157 Å². The molecule has 0 unspecified atom stereocenters. The molecule has 0 spiro atoms. The first-order valence-corrected chi connectivity index (χ1v) is 9.65. The highest BCUT2D eigenvalue weighted by Gasteiger charge is 2.19. The summed E-state index contributed by atoms with van der Waals surface area (Å²) in [6.07, 6.45) is 3.52. The van der Waals surface area contributed by atoms with Gasteiger partial charge in [0.05, 0.1) is 24.1 Å². The number of sulfonamides is 1. The highest BCUT2D eigenvalue weighted by molar-refractivity contribution is 7.92. The highest BCUT2D eigenvalue weighted by Crippen LogP contribution is 2.22. The Hall–Kier alpha value is -3.13. The maximum Gasteiger partial charge on any atom is 0.337 e. The summed E-state index contributed by atoms with van der Waals surface area (Å²) in [6.45, 7) is 2.20. The molecule has 140 valence electrons. The van der Waals surface area contributed by atoms with Crippen LogP contribution in [-0.2, 0) is 21.3 Å². The molecule has 1 aromatic heterocycles. The molecule has 0 aliphatic rings. The number of hydrogen-bond donors (Lipinski definition) is 1. The lowest BCUT2D eigenvalue weighted by atomic mass is 10.1. The fourth-order valence-electron chi connectivity index (χ4n) is 2.66. The van der Waals surface area contributed by atoms with Gasteiger partial charge in [-0.2, -0.15) is 5.10 Å². The van der Waals surface area contributed by atoms with Crippen LogP contribution in [0.15, 0.2) is 65.8 Å². The lowest BCUT2D eigenvalue weighted by molar-refractivity contribution is 0.0600. The van der Waals surface area contributed by atoms with Crippen LogP contribution in [0, 0.1) is 6.92 Å². The van der Waals surface area contributed by atoms with E-state index in [-0.39, 0.29) is 10.5 Å². The van der Waals surface area contributed by atoms with E-state index >= 15 is 0 Å². The summed E-state index contributed by atoms with van der Waals surface area (Å²) in [7, 11) is -2.62. The number of rotatable bonds is 6. The number of benzene rings is 2. The van der Waals surface area contributed by atoms with E-state index in [4.69, 9.17) is 0 Å². The molecule has 3 aromatic rings. The number of carbonyl (C=O) groups excluding carboxylic acids is 1. The van der Waals surface area contributed by atoms with Crippen molar-refractivity contribution >= 4 is 21.7 Å². The van der Waals surface area contributed by atoms with Crippen molar-refractivity contribution in [3.05, 3.63) is 77.6 Å². The minimum atomic E-state index is -3.87. The van der Waals surface area contributed by atoms with E-state index in [2.05, 4.69) is 14.6 Å². The Morgan fingerprint density at radius 1 is 1.19 bits per heavy atom. The summed E-state index contributed by atoms with van der Waals surface area (Å²) in [5, 5.41) is 4.14. The molecule has 0 aliphatic carbocycles. The molecular weight excluding hydrogens is 366 g/mol. The summed E-state index contributed by atoms with van der Waals surface area (Å²) in [4.78, 5) is 11.7. The zero-order valence-electron chi connectivity index (χ0n) is 14.9. The van der Waals surface area contributed by atoms with Crippen molar-refractivity contribution in [3.63, 3.8) is 0 Å². The van der Waals surface area contributed by atoms with Crippen LogP contribution in [0.2, 0.25) is 0 Å². The maximum atomic E-state index is 12.8. The first-order valence-electron chi connectivity index (χ1n) is 8.17. The Morgan fingerprint density at radius 2 is 2.00 bits per heavy atom. The molecule has 1 N–H and O–H groups in total. The van der Waals surface area contributed by atoms with E-state index in [1.165, 1.54) is 19.2 Å². The van der Waals surface area contributed by atoms with Crippen molar-refractivity contribution in [2.24, 2.45) is 0 Å². The SMILES string of the molecule is COC(=O)c1ccc(C)c(S(=O)(=O)Nc2cccc(Cn3cccn3)c2)c1. The van der Waals surface area contributed by atoms with Gasteiger partial charge >= 0.3 is 5.97 Å². The molecule has 0 amide bonds. The predicted octanol–water partition coefficient (Wildman–Crippen LogP) is 2.83. The predicted molar refractivity (Wildman–Crippen MR) is 101 cm³/mol. The summed E-state index contributed by atoms with van der Waals surface area (Å²) >= 11 is 0. The number of anilines is 1. The van der Waals surface area contributed by atoms with Gasteiger partial charge in [0.2, 0.25) is 0 Å². The Kier molecular flexibility index (Phi) is 5.27. The van der Waals surface area contributed by atoms with Crippen LogP contribution < -0.4 is 4.72 Å². The summed E-state index contributed by atoms with van der Waals surface area (Å²) in [6, 6.07) is 13.3. The largest absolute Gasteiger partial charge is 0.465 e. The van der Waals surface area contributed by atoms with Crippen LogP contribution in [0.25, 0.3) is 0 Å². The molecule has 7 nitrogen and oxygen atoms in total. The summed E-state index contributed by atoms with van der Waals surface area (Å²) < 4.78 is 34.6. The van der Waals surface area contributed by atoms with E-state index in [0.29, 0.717) is 17.8 Å². The fraction of sp³-hybridized carbons (Fsp3) is 0.158. The van der Waals surface area contributed by atoms with Gasteiger partial charge in [0.15, 0.2) is 0 Å². The molecule has 0 aliphatic heterocycles. The van der Waals surface area contributed by atoms with E-state index in [0.717, 1.165) is 5.56 Å². The number of aromatic nitrogens is 2. The van der Waals surface area contributed by atoms with Gasteiger partial charge in [0, 0.05) is 18.1 Å². The number of ether oxygens (including phenoxy) is 1. The molecule has 1 heterocycles. The molecular formula is C19H19N3O4S. The fourth-order valence-corrected chi connectivity index (χ4v) is 3.98. The number of methoxy groups -OCH3 is 1. The van der Waals surface area contributed by atoms with E-state index in [9.17, 15) is 13.2 Å². The van der Waals surface area contributed by atoms with Crippen LogP contribution >= 0.6 is 0 Å².